The molecule has 14 heavy (non-hydrogen) atoms. The molecule has 0 saturated carbocycles. The zero-order valence-corrected chi connectivity index (χ0v) is 9.70. The first kappa shape index (κ1) is 12.0. The standard InChI is InChI=1S/C10H15NOS.ClH/c1-2-9(12-7-1)8-13-10-3-5-11-6-4-10;/h1-2,7,10-11H,3-6,8H2;1H. The average molecular weight is 234 g/mol. The zero-order valence-electron chi connectivity index (χ0n) is 8.07. The smallest absolute Gasteiger partial charge is 0.113 e. The molecule has 1 saturated heterocycles. The molecule has 0 bridgehead atoms. The molecule has 4 heteroatoms. The van der Waals surface area contributed by atoms with Gasteiger partial charge in [-0.2, -0.15) is 11.8 Å². The number of furan rings is 1. The van der Waals surface area contributed by atoms with Gasteiger partial charge in [-0.05, 0) is 38.1 Å². The monoisotopic (exact) mass is 233 g/mol. The van der Waals surface area contributed by atoms with Crippen molar-refractivity contribution in [2.45, 2.75) is 23.8 Å². The Morgan fingerprint density at radius 3 is 2.86 bits per heavy atom. The molecule has 1 aromatic rings. The van der Waals surface area contributed by atoms with Crippen LogP contribution in [0, 0.1) is 0 Å². The van der Waals surface area contributed by atoms with Crippen molar-refractivity contribution in [1.29, 1.82) is 0 Å². The van der Waals surface area contributed by atoms with Gasteiger partial charge in [0.1, 0.15) is 5.76 Å². The molecular formula is C10H16ClNOS. The van der Waals surface area contributed by atoms with Gasteiger partial charge in [-0.15, -0.1) is 12.4 Å². The lowest BCUT2D eigenvalue weighted by atomic mass is 10.2. The van der Waals surface area contributed by atoms with Crippen LogP contribution in [-0.2, 0) is 5.75 Å². The van der Waals surface area contributed by atoms with E-state index in [1.165, 1.54) is 25.9 Å². The van der Waals surface area contributed by atoms with E-state index in [2.05, 4.69) is 5.32 Å². The van der Waals surface area contributed by atoms with Crippen molar-refractivity contribution in [3.8, 4) is 0 Å². The summed E-state index contributed by atoms with van der Waals surface area (Å²) in [6.45, 7) is 2.35. The number of rotatable bonds is 3. The summed E-state index contributed by atoms with van der Waals surface area (Å²) < 4.78 is 5.29. The molecule has 1 fully saturated rings. The van der Waals surface area contributed by atoms with Crippen LogP contribution in [0.25, 0.3) is 0 Å². The quantitative estimate of drug-likeness (QED) is 0.869. The average Bonchev–Trinajstić information content (AvgIpc) is 2.69. The SMILES string of the molecule is Cl.c1coc(CSC2CCNCC2)c1. The van der Waals surface area contributed by atoms with E-state index in [-0.39, 0.29) is 12.4 Å². The molecule has 0 atom stereocenters. The van der Waals surface area contributed by atoms with Crippen molar-refractivity contribution < 1.29 is 4.42 Å². The molecule has 2 rings (SSSR count). The Bertz CT molecular complexity index is 234. The van der Waals surface area contributed by atoms with E-state index < -0.39 is 0 Å². The molecule has 1 aliphatic heterocycles. The molecule has 2 heterocycles. The molecule has 1 aromatic heterocycles. The van der Waals surface area contributed by atoms with Crippen LogP contribution in [0.15, 0.2) is 22.8 Å². The minimum Gasteiger partial charge on any atom is -0.468 e. The summed E-state index contributed by atoms with van der Waals surface area (Å²) in [6, 6.07) is 4.01. The third kappa shape index (κ3) is 3.56. The molecule has 1 N–H and O–H groups in total. The molecular weight excluding hydrogens is 218 g/mol. The third-order valence-corrected chi connectivity index (χ3v) is 3.72. The predicted octanol–water partition coefficient (Wildman–Crippen LogP) is 2.69. The molecule has 0 amide bonds. The largest absolute Gasteiger partial charge is 0.468 e. The molecule has 80 valence electrons. The number of nitrogens with one attached hydrogen (secondary N) is 1. The van der Waals surface area contributed by atoms with Crippen LogP contribution in [0.1, 0.15) is 18.6 Å². The molecule has 0 aromatic carbocycles. The van der Waals surface area contributed by atoms with Crippen LogP contribution in [-0.4, -0.2) is 18.3 Å². The van der Waals surface area contributed by atoms with Crippen molar-refractivity contribution in [2.75, 3.05) is 13.1 Å². The fourth-order valence-corrected chi connectivity index (χ4v) is 2.69. The maximum Gasteiger partial charge on any atom is 0.113 e. The lowest BCUT2D eigenvalue weighted by molar-refractivity contribution is 0.521. The lowest BCUT2D eigenvalue weighted by Gasteiger charge is -2.21. The predicted molar refractivity (Wildman–Crippen MR) is 63.1 cm³/mol. The van der Waals surface area contributed by atoms with Crippen LogP contribution in [0.2, 0.25) is 0 Å². The summed E-state index contributed by atoms with van der Waals surface area (Å²) in [5.74, 6) is 2.13. The molecule has 0 aliphatic carbocycles. The number of piperidine rings is 1. The molecule has 0 spiro atoms. The van der Waals surface area contributed by atoms with E-state index in [1.54, 1.807) is 6.26 Å². The Balaban J connectivity index is 0.000000980. The van der Waals surface area contributed by atoms with Gasteiger partial charge in [0.2, 0.25) is 0 Å². The molecule has 0 radical (unpaired) electrons. The highest BCUT2D eigenvalue weighted by atomic mass is 35.5. The number of thioether (sulfide) groups is 1. The van der Waals surface area contributed by atoms with Crippen LogP contribution in [0.3, 0.4) is 0 Å². The summed E-state index contributed by atoms with van der Waals surface area (Å²) in [7, 11) is 0. The van der Waals surface area contributed by atoms with Crippen molar-refractivity contribution in [1.82, 2.24) is 5.32 Å². The van der Waals surface area contributed by atoms with E-state index in [9.17, 15) is 0 Å². The zero-order chi connectivity index (χ0) is 8.93. The Hall–Kier alpha value is -0.120. The van der Waals surface area contributed by atoms with Gasteiger partial charge in [0.25, 0.3) is 0 Å². The first-order valence-electron chi connectivity index (χ1n) is 4.80. The van der Waals surface area contributed by atoms with E-state index in [0.29, 0.717) is 0 Å². The van der Waals surface area contributed by atoms with Gasteiger partial charge in [-0.25, -0.2) is 0 Å². The maximum atomic E-state index is 5.29. The second-order valence-corrected chi connectivity index (χ2v) is 4.63. The highest BCUT2D eigenvalue weighted by molar-refractivity contribution is 7.99. The first-order valence-corrected chi connectivity index (χ1v) is 5.85. The maximum absolute atomic E-state index is 5.29. The molecule has 0 unspecified atom stereocenters. The summed E-state index contributed by atoms with van der Waals surface area (Å²) in [5, 5.41) is 4.20. The topological polar surface area (TPSA) is 25.2 Å². The summed E-state index contributed by atoms with van der Waals surface area (Å²) in [6.07, 6.45) is 4.34. The second-order valence-electron chi connectivity index (χ2n) is 3.34. The Morgan fingerprint density at radius 2 is 2.21 bits per heavy atom. The minimum atomic E-state index is 0. The fourth-order valence-electron chi connectivity index (χ4n) is 1.56. The van der Waals surface area contributed by atoms with Crippen molar-refractivity contribution in [3.05, 3.63) is 24.2 Å². The van der Waals surface area contributed by atoms with Gasteiger partial charge in [0.15, 0.2) is 0 Å². The Morgan fingerprint density at radius 1 is 1.43 bits per heavy atom. The normalized spacial score (nSPS) is 17.7. The van der Waals surface area contributed by atoms with E-state index in [1.807, 2.05) is 23.9 Å². The molecule has 1 aliphatic rings. The molecule has 2 nitrogen and oxygen atoms in total. The number of hydrogen-bond donors (Lipinski definition) is 1. The van der Waals surface area contributed by atoms with Crippen molar-refractivity contribution in [3.63, 3.8) is 0 Å². The highest BCUT2D eigenvalue weighted by Gasteiger charge is 2.13. The van der Waals surface area contributed by atoms with E-state index >= 15 is 0 Å². The Kier molecular flexibility index (Phi) is 5.45. The van der Waals surface area contributed by atoms with Gasteiger partial charge >= 0.3 is 0 Å². The van der Waals surface area contributed by atoms with Crippen molar-refractivity contribution in [2.24, 2.45) is 0 Å². The van der Waals surface area contributed by atoms with Gasteiger partial charge in [-0.3, -0.25) is 0 Å². The lowest BCUT2D eigenvalue weighted by Crippen LogP contribution is -2.29. The van der Waals surface area contributed by atoms with Crippen LogP contribution in [0.4, 0.5) is 0 Å². The minimum absolute atomic E-state index is 0. The number of hydrogen-bond acceptors (Lipinski definition) is 3. The van der Waals surface area contributed by atoms with Crippen LogP contribution >= 0.6 is 24.2 Å². The van der Waals surface area contributed by atoms with Gasteiger partial charge in [0.05, 0.1) is 12.0 Å². The fraction of sp³-hybridized carbons (Fsp3) is 0.600. The van der Waals surface area contributed by atoms with Crippen LogP contribution < -0.4 is 5.32 Å². The number of halogens is 1. The summed E-state index contributed by atoms with van der Waals surface area (Å²) >= 11 is 2.02. The van der Waals surface area contributed by atoms with Crippen LogP contribution in [0.5, 0.6) is 0 Å². The van der Waals surface area contributed by atoms with E-state index in [0.717, 1.165) is 16.8 Å². The van der Waals surface area contributed by atoms with Gasteiger partial charge < -0.3 is 9.73 Å². The first-order chi connectivity index (χ1) is 6.45. The van der Waals surface area contributed by atoms with Gasteiger partial charge in [-0.1, -0.05) is 0 Å². The van der Waals surface area contributed by atoms with Crippen molar-refractivity contribution >= 4 is 24.2 Å². The summed E-state index contributed by atoms with van der Waals surface area (Å²) in [4.78, 5) is 0. The highest BCUT2D eigenvalue weighted by Crippen LogP contribution is 2.24. The second kappa shape index (κ2) is 6.38. The van der Waals surface area contributed by atoms with E-state index in [4.69, 9.17) is 4.42 Å². The third-order valence-electron chi connectivity index (χ3n) is 2.33. The summed E-state index contributed by atoms with van der Waals surface area (Å²) in [5.41, 5.74) is 0. The van der Waals surface area contributed by atoms with Gasteiger partial charge in [0, 0.05) is 5.25 Å². The Labute approximate surface area is 95.2 Å².